The molecule has 1 aliphatic rings. The second kappa shape index (κ2) is 10.1. The number of carbonyl (C=O) groups excluding carboxylic acids is 4. The van der Waals surface area contributed by atoms with Crippen molar-refractivity contribution in [2.75, 3.05) is 38.7 Å². The maximum Gasteiger partial charge on any atom is 0.347 e. The molecular formula is C19H23N3O6. The number of nitrogens with zero attached hydrogens (tertiary/aromatic N) is 1. The quantitative estimate of drug-likeness (QED) is 0.465. The Labute approximate surface area is 162 Å². The minimum absolute atomic E-state index is 0.0130. The molecule has 0 fully saturated rings. The molecule has 0 saturated carbocycles. The van der Waals surface area contributed by atoms with Gasteiger partial charge in [-0.05, 0) is 18.6 Å². The Hall–Kier alpha value is -3.36. The number of nitrogens with one attached hydrogen (secondary N) is 2. The van der Waals surface area contributed by atoms with Gasteiger partial charge in [-0.3, -0.25) is 14.4 Å². The first-order chi connectivity index (χ1) is 13.4. The minimum atomic E-state index is -0.960. The molecule has 2 amide bonds. The summed E-state index contributed by atoms with van der Waals surface area (Å²) in [6.45, 7) is 1.40. The van der Waals surface area contributed by atoms with E-state index in [4.69, 9.17) is 9.47 Å². The van der Waals surface area contributed by atoms with Gasteiger partial charge in [-0.2, -0.15) is 0 Å². The Kier molecular flexibility index (Phi) is 7.55. The zero-order valence-electron chi connectivity index (χ0n) is 15.8. The first-order valence-corrected chi connectivity index (χ1v) is 8.82. The standard InChI is InChI=1S/C19H23N3O6/c1-3-9-20-15(24)10-22(2)16(25)12-28-19(26)17-14(23)11-27-18(17)21-13-7-5-4-6-8-13/h4-8,21H,3,9-12H2,1-2H3,(H,20,24). The summed E-state index contributed by atoms with van der Waals surface area (Å²) in [5.41, 5.74) is 0.353. The molecule has 0 saturated heterocycles. The maximum absolute atomic E-state index is 12.3. The third-order valence-corrected chi connectivity index (χ3v) is 3.79. The first kappa shape index (κ1) is 20.9. The lowest BCUT2D eigenvalue weighted by molar-refractivity contribution is -0.149. The number of para-hydroxylation sites is 1. The third kappa shape index (κ3) is 5.83. The van der Waals surface area contributed by atoms with Crippen LogP contribution in [0.4, 0.5) is 5.69 Å². The topological polar surface area (TPSA) is 114 Å². The lowest BCUT2D eigenvalue weighted by Crippen LogP contribution is -2.40. The van der Waals surface area contributed by atoms with Crippen LogP contribution in [0.3, 0.4) is 0 Å². The van der Waals surface area contributed by atoms with Crippen LogP contribution in [0.2, 0.25) is 0 Å². The van der Waals surface area contributed by atoms with E-state index in [9.17, 15) is 19.2 Å². The van der Waals surface area contributed by atoms with Crippen LogP contribution >= 0.6 is 0 Å². The number of benzene rings is 1. The smallest absolute Gasteiger partial charge is 0.347 e. The molecule has 9 heteroatoms. The molecule has 2 N–H and O–H groups in total. The number of ether oxygens (including phenoxy) is 2. The minimum Gasteiger partial charge on any atom is -0.470 e. The lowest BCUT2D eigenvalue weighted by atomic mass is 10.2. The van der Waals surface area contributed by atoms with Crippen LogP contribution < -0.4 is 10.6 Å². The van der Waals surface area contributed by atoms with Gasteiger partial charge in [0.25, 0.3) is 5.91 Å². The van der Waals surface area contributed by atoms with Crippen molar-refractivity contribution < 1.29 is 28.7 Å². The van der Waals surface area contributed by atoms with E-state index in [1.165, 1.54) is 7.05 Å². The van der Waals surface area contributed by atoms with Gasteiger partial charge in [0.1, 0.15) is 0 Å². The van der Waals surface area contributed by atoms with Gasteiger partial charge >= 0.3 is 5.97 Å². The predicted molar refractivity (Wildman–Crippen MR) is 99.9 cm³/mol. The van der Waals surface area contributed by atoms with Crippen molar-refractivity contribution in [3.05, 3.63) is 41.8 Å². The number of hydrogen-bond acceptors (Lipinski definition) is 7. The van der Waals surface area contributed by atoms with Gasteiger partial charge in [0.05, 0.1) is 6.54 Å². The number of anilines is 1. The number of ketones is 1. The summed E-state index contributed by atoms with van der Waals surface area (Å²) < 4.78 is 10.2. The number of likely N-dealkylation sites (N-methyl/N-ethyl adjacent to an activating group) is 1. The van der Waals surface area contributed by atoms with Gasteiger partial charge < -0.3 is 25.0 Å². The van der Waals surface area contributed by atoms with Crippen molar-refractivity contribution in [2.24, 2.45) is 0 Å². The second-order valence-electron chi connectivity index (χ2n) is 6.08. The Bertz CT molecular complexity index is 775. The summed E-state index contributed by atoms with van der Waals surface area (Å²) in [5.74, 6) is -2.38. The van der Waals surface area contributed by atoms with Gasteiger partial charge in [0.15, 0.2) is 18.8 Å². The zero-order chi connectivity index (χ0) is 20.5. The highest BCUT2D eigenvalue weighted by atomic mass is 16.5. The van der Waals surface area contributed by atoms with E-state index in [0.717, 1.165) is 11.3 Å². The van der Waals surface area contributed by atoms with E-state index in [0.29, 0.717) is 12.2 Å². The van der Waals surface area contributed by atoms with Crippen molar-refractivity contribution in [1.29, 1.82) is 0 Å². The van der Waals surface area contributed by atoms with Crippen molar-refractivity contribution >= 4 is 29.3 Å². The van der Waals surface area contributed by atoms with E-state index in [2.05, 4.69) is 10.6 Å². The molecule has 150 valence electrons. The fourth-order valence-corrected chi connectivity index (χ4v) is 2.30. The molecule has 0 atom stereocenters. The molecule has 0 aliphatic carbocycles. The monoisotopic (exact) mass is 389 g/mol. The highest BCUT2D eigenvalue weighted by molar-refractivity contribution is 6.20. The SMILES string of the molecule is CCCNC(=O)CN(C)C(=O)COC(=O)C1=C(Nc2ccccc2)OCC1=O. The number of carbonyl (C=O) groups is 4. The Morgan fingerprint density at radius 3 is 2.61 bits per heavy atom. The fourth-order valence-electron chi connectivity index (χ4n) is 2.30. The number of Topliss-reactive ketones (excluding diaryl/α,β-unsaturated/α-hetero) is 1. The van der Waals surface area contributed by atoms with Crippen molar-refractivity contribution in [3.63, 3.8) is 0 Å². The van der Waals surface area contributed by atoms with Gasteiger partial charge in [-0.25, -0.2) is 4.79 Å². The normalized spacial score (nSPS) is 13.0. The molecule has 0 aromatic heterocycles. The Balaban J connectivity index is 1.93. The third-order valence-electron chi connectivity index (χ3n) is 3.79. The van der Waals surface area contributed by atoms with Crippen LogP contribution in [0.5, 0.6) is 0 Å². The summed E-state index contributed by atoms with van der Waals surface area (Å²) in [6, 6.07) is 8.86. The van der Waals surface area contributed by atoms with Crippen LogP contribution in [0, 0.1) is 0 Å². The molecule has 28 heavy (non-hydrogen) atoms. The molecule has 0 spiro atoms. The molecule has 0 bridgehead atoms. The zero-order valence-corrected chi connectivity index (χ0v) is 15.8. The predicted octanol–water partition coefficient (Wildman–Crippen LogP) is 0.437. The van der Waals surface area contributed by atoms with E-state index in [1.807, 2.05) is 13.0 Å². The summed E-state index contributed by atoms with van der Waals surface area (Å²) in [4.78, 5) is 49.1. The summed E-state index contributed by atoms with van der Waals surface area (Å²) in [7, 11) is 1.42. The molecule has 1 aromatic rings. The van der Waals surface area contributed by atoms with Crippen LogP contribution in [0.15, 0.2) is 41.8 Å². The van der Waals surface area contributed by atoms with Crippen LogP contribution in [0.25, 0.3) is 0 Å². The Morgan fingerprint density at radius 1 is 1.21 bits per heavy atom. The number of esters is 1. The Morgan fingerprint density at radius 2 is 1.93 bits per heavy atom. The van der Waals surface area contributed by atoms with E-state index in [1.54, 1.807) is 24.3 Å². The van der Waals surface area contributed by atoms with Crippen molar-refractivity contribution in [2.45, 2.75) is 13.3 Å². The average molecular weight is 389 g/mol. The van der Waals surface area contributed by atoms with Gasteiger partial charge in [-0.15, -0.1) is 0 Å². The lowest BCUT2D eigenvalue weighted by Gasteiger charge is -2.16. The molecule has 0 unspecified atom stereocenters. The summed E-state index contributed by atoms with van der Waals surface area (Å²) >= 11 is 0. The largest absolute Gasteiger partial charge is 0.470 e. The molecule has 2 rings (SSSR count). The molecule has 9 nitrogen and oxygen atoms in total. The van der Waals surface area contributed by atoms with Gasteiger partial charge in [-0.1, -0.05) is 25.1 Å². The summed E-state index contributed by atoms with van der Waals surface area (Å²) in [6.07, 6.45) is 0.783. The van der Waals surface area contributed by atoms with Gasteiger partial charge in [0, 0.05) is 19.3 Å². The number of amides is 2. The van der Waals surface area contributed by atoms with Crippen molar-refractivity contribution in [1.82, 2.24) is 10.2 Å². The fraction of sp³-hybridized carbons (Fsp3) is 0.368. The van der Waals surface area contributed by atoms with E-state index in [-0.39, 0.29) is 30.5 Å². The van der Waals surface area contributed by atoms with Crippen LogP contribution in [-0.4, -0.2) is 61.8 Å². The van der Waals surface area contributed by atoms with E-state index < -0.39 is 24.3 Å². The maximum atomic E-state index is 12.3. The molecule has 1 aliphatic heterocycles. The second-order valence-corrected chi connectivity index (χ2v) is 6.08. The highest BCUT2D eigenvalue weighted by Gasteiger charge is 2.33. The molecular weight excluding hydrogens is 366 g/mol. The van der Waals surface area contributed by atoms with Crippen LogP contribution in [-0.2, 0) is 28.7 Å². The summed E-state index contributed by atoms with van der Waals surface area (Å²) in [5, 5.41) is 5.49. The molecule has 1 aromatic carbocycles. The van der Waals surface area contributed by atoms with Crippen LogP contribution in [0.1, 0.15) is 13.3 Å². The first-order valence-electron chi connectivity index (χ1n) is 8.82. The molecule has 0 radical (unpaired) electrons. The van der Waals surface area contributed by atoms with E-state index >= 15 is 0 Å². The average Bonchev–Trinajstić information content (AvgIpc) is 3.05. The molecule has 1 heterocycles. The highest BCUT2D eigenvalue weighted by Crippen LogP contribution is 2.20. The number of hydrogen-bond donors (Lipinski definition) is 2. The van der Waals surface area contributed by atoms with Crippen molar-refractivity contribution in [3.8, 4) is 0 Å². The van der Waals surface area contributed by atoms with Gasteiger partial charge in [0.2, 0.25) is 17.6 Å². The number of rotatable bonds is 9.